The first-order valence-corrected chi connectivity index (χ1v) is 16.9. The zero-order chi connectivity index (χ0) is 32.0. The van der Waals surface area contributed by atoms with Gasteiger partial charge in [-0.15, -0.1) is 0 Å². The number of benzene rings is 1. The number of hydrogen-bond donors (Lipinski definition) is 2. The lowest BCUT2D eigenvalue weighted by atomic mass is 9.72. The summed E-state index contributed by atoms with van der Waals surface area (Å²) in [5.41, 5.74) is -0.723. The van der Waals surface area contributed by atoms with Crippen molar-refractivity contribution in [3.8, 4) is 0 Å². The Morgan fingerprint density at radius 3 is 2.16 bits per heavy atom. The van der Waals surface area contributed by atoms with E-state index < -0.39 is 62.4 Å². The van der Waals surface area contributed by atoms with Crippen molar-refractivity contribution in [3.05, 3.63) is 59.3 Å². The number of carbonyl (C=O) groups excluding carboxylic acids is 2. The third kappa shape index (κ3) is 6.74. The van der Waals surface area contributed by atoms with Crippen LogP contribution in [0.5, 0.6) is 0 Å². The fraction of sp³-hybridized carbons (Fsp3) is 0.594. The molecule has 4 atom stereocenters. The van der Waals surface area contributed by atoms with E-state index in [1.807, 2.05) is 39.0 Å². The van der Waals surface area contributed by atoms with E-state index in [-0.39, 0.29) is 23.3 Å². The van der Waals surface area contributed by atoms with Gasteiger partial charge in [-0.25, -0.2) is 13.4 Å². The summed E-state index contributed by atoms with van der Waals surface area (Å²) in [7, 11) is -3.95. The Morgan fingerprint density at radius 1 is 0.955 bits per heavy atom. The number of anilines is 1. The van der Waals surface area contributed by atoms with Gasteiger partial charge in [-0.3, -0.25) is 14.3 Å². The summed E-state index contributed by atoms with van der Waals surface area (Å²) < 4.78 is 69.8. The molecule has 0 radical (unpaired) electrons. The van der Waals surface area contributed by atoms with Crippen molar-refractivity contribution in [3.63, 3.8) is 0 Å². The fourth-order valence-electron chi connectivity index (χ4n) is 6.97. The van der Waals surface area contributed by atoms with Crippen molar-refractivity contribution in [2.45, 2.75) is 102 Å². The summed E-state index contributed by atoms with van der Waals surface area (Å²) in [6.07, 6.45) is 0.345. The molecule has 2 heterocycles. The number of alkyl halides is 3. The van der Waals surface area contributed by atoms with E-state index in [1.165, 1.54) is 11.8 Å². The van der Waals surface area contributed by atoms with E-state index in [1.54, 1.807) is 12.1 Å². The molecule has 2 aliphatic carbocycles. The summed E-state index contributed by atoms with van der Waals surface area (Å²) >= 11 is 0. The molecule has 2 amide bonds. The summed E-state index contributed by atoms with van der Waals surface area (Å²) in [6, 6.07) is 8.22. The maximum atomic E-state index is 14.5. The molecule has 8 nitrogen and oxygen atoms in total. The second-order valence-corrected chi connectivity index (χ2v) is 15.5. The molecule has 3 fully saturated rings. The Hall–Kier alpha value is -3.15. The lowest BCUT2D eigenvalue weighted by Crippen LogP contribution is -2.54. The monoisotopic (exact) mass is 634 g/mol. The van der Waals surface area contributed by atoms with Crippen LogP contribution in [-0.4, -0.2) is 47.4 Å². The first kappa shape index (κ1) is 32.2. The average molecular weight is 635 g/mol. The van der Waals surface area contributed by atoms with E-state index >= 15 is 0 Å². The number of sulfonamides is 1. The van der Waals surface area contributed by atoms with Crippen molar-refractivity contribution in [1.29, 1.82) is 0 Å². The highest BCUT2D eigenvalue weighted by atomic mass is 32.2. The summed E-state index contributed by atoms with van der Waals surface area (Å²) in [5, 5.41) is 2.58. The molecule has 4 unspecified atom stereocenters. The highest BCUT2D eigenvalue weighted by Gasteiger charge is 2.59. The predicted molar refractivity (Wildman–Crippen MR) is 161 cm³/mol. The third-order valence-corrected chi connectivity index (χ3v) is 10.9. The number of halogens is 3. The van der Waals surface area contributed by atoms with Gasteiger partial charge in [0.2, 0.25) is 15.9 Å². The van der Waals surface area contributed by atoms with E-state index in [9.17, 15) is 31.2 Å². The highest BCUT2D eigenvalue weighted by molar-refractivity contribution is 7.90. The van der Waals surface area contributed by atoms with Gasteiger partial charge in [0.1, 0.15) is 11.9 Å². The van der Waals surface area contributed by atoms with Gasteiger partial charge in [-0.2, -0.15) is 13.2 Å². The van der Waals surface area contributed by atoms with Crippen LogP contribution in [0.4, 0.5) is 19.0 Å². The Balaban J connectivity index is 1.68. The van der Waals surface area contributed by atoms with E-state index in [0.29, 0.717) is 31.2 Å². The number of hydrogen-bond acceptors (Lipinski definition) is 6. The zero-order valence-corrected chi connectivity index (χ0v) is 26.3. The molecule has 0 spiro atoms. The van der Waals surface area contributed by atoms with Gasteiger partial charge in [-0.1, -0.05) is 70.4 Å². The zero-order valence-electron chi connectivity index (χ0n) is 25.5. The maximum absolute atomic E-state index is 14.5. The Labute approximate surface area is 257 Å². The van der Waals surface area contributed by atoms with E-state index in [4.69, 9.17) is 0 Å². The van der Waals surface area contributed by atoms with E-state index in [2.05, 4.69) is 15.0 Å². The van der Waals surface area contributed by atoms with Crippen LogP contribution < -0.4 is 10.0 Å². The average Bonchev–Trinajstić information content (AvgIpc) is 3.75. The number of aryl methyl sites for hydroxylation is 1. The molecule has 1 saturated heterocycles. The summed E-state index contributed by atoms with van der Waals surface area (Å²) in [5.74, 6) is -2.12. The normalized spacial score (nSPS) is 25.1. The summed E-state index contributed by atoms with van der Waals surface area (Å²) in [4.78, 5) is 34.6. The van der Waals surface area contributed by atoms with Crippen molar-refractivity contribution in [1.82, 2.24) is 14.6 Å². The molecule has 44 heavy (non-hydrogen) atoms. The molecule has 2 aromatic rings. The van der Waals surface area contributed by atoms with Gasteiger partial charge in [-0.05, 0) is 55.7 Å². The Morgan fingerprint density at radius 2 is 1.59 bits per heavy atom. The highest BCUT2D eigenvalue weighted by Crippen LogP contribution is 2.50. The molecule has 240 valence electrons. The van der Waals surface area contributed by atoms with Gasteiger partial charge < -0.3 is 10.2 Å². The van der Waals surface area contributed by atoms with Crippen LogP contribution >= 0.6 is 0 Å². The number of carbonyl (C=O) groups is 2. The lowest BCUT2D eigenvalue weighted by Gasteiger charge is -2.37. The number of pyridine rings is 1. The fourth-order valence-corrected chi connectivity index (χ4v) is 8.30. The van der Waals surface area contributed by atoms with Gasteiger partial charge in [0.25, 0.3) is 5.91 Å². The minimum absolute atomic E-state index is 0.0331. The smallest absolute Gasteiger partial charge is 0.364 e. The van der Waals surface area contributed by atoms with Crippen LogP contribution in [0.25, 0.3) is 0 Å². The number of nitrogens with zero attached hydrogens (tertiary/aromatic N) is 2. The topological polar surface area (TPSA) is 108 Å². The Bertz CT molecular complexity index is 1480. The van der Waals surface area contributed by atoms with Gasteiger partial charge >= 0.3 is 6.18 Å². The predicted octanol–water partition coefficient (Wildman–Crippen LogP) is 5.99. The number of amides is 2. The van der Waals surface area contributed by atoms with Crippen molar-refractivity contribution in [2.75, 3.05) is 5.32 Å². The molecule has 3 aliphatic rings. The van der Waals surface area contributed by atoms with E-state index in [0.717, 1.165) is 31.4 Å². The van der Waals surface area contributed by atoms with Crippen LogP contribution in [-0.2, 0) is 25.8 Å². The molecular formula is C32H41F3N4O4S. The molecule has 5 rings (SSSR count). The molecule has 1 aliphatic heterocycles. The first-order chi connectivity index (χ1) is 20.6. The Kier molecular flexibility index (Phi) is 8.78. The molecule has 2 saturated carbocycles. The summed E-state index contributed by atoms with van der Waals surface area (Å²) in [6.45, 7) is 7.15. The van der Waals surface area contributed by atoms with Crippen molar-refractivity contribution >= 4 is 27.7 Å². The second kappa shape index (κ2) is 12.0. The van der Waals surface area contributed by atoms with Gasteiger partial charge in [0, 0.05) is 17.5 Å². The molecule has 1 aromatic heterocycles. The number of rotatable bonds is 7. The third-order valence-electron chi connectivity index (χ3n) is 9.09. The SMILES string of the molecule is Cc1cc(C(F)(F)F)cc(NC2C(c3ccccc3)N(C(=O)C3CCCCC3)C(C(=O)NS(=O)(=O)C3CC3)C2C(C)(C)C)n1. The van der Waals surface area contributed by atoms with Gasteiger partial charge in [0.05, 0.1) is 22.9 Å². The molecule has 12 heteroatoms. The van der Waals surface area contributed by atoms with Gasteiger partial charge in [0.15, 0.2) is 0 Å². The van der Waals surface area contributed by atoms with Crippen LogP contribution in [0.2, 0.25) is 0 Å². The standard InChI is InChI=1S/C32H41F3N4O4S/c1-19-17-22(32(33,34)35)18-24(36-19)37-26-25(31(2,3)4)28(29(40)38-44(42,43)23-15-16-23)39(27(26)20-11-7-5-8-12-20)30(41)21-13-9-6-10-14-21/h5,7-8,11-12,17-18,21,23,25-28H,6,9-10,13-16H2,1-4H3,(H,36,37)(H,38,40). The van der Waals surface area contributed by atoms with Crippen molar-refractivity contribution in [2.24, 2.45) is 17.3 Å². The largest absolute Gasteiger partial charge is 0.416 e. The minimum atomic E-state index is -4.61. The second-order valence-electron chi connectivity index (χ2n) is 13.5. The van der Waals surface area contributed by atoms with Crippen LogP contribution in [0.3, 0.4) is 0 Å². The minimum Gasteiger partial charge on any atom is -0.364 e. The maximum Gasteiger partial charge on any atom is 0.416 e. The molecular weight excluding hydrogens is 593 g/mol. The van der Waals surface area contributed by atoms with Crippen LogP contribution in [0.15, 0.2) is 42.5 Å². The van der Waals surface area contributed by atoms with Crippen LogP contribution in [0, 0.1) is 24.2 Å². The van der Waals surface area contributed by atoms with Crippen molar-refractivity contribution < 1.29 is 31.2 Å². The lowest BCUT2D eigenvalue weighted by molar-refractivity contribution is -0.145. The quantitative estimate of drug-likeness (QED) is 0.387. The molecule has 0 bridgehead atoms. The number of nitrogens with one attached hydrogen (secondary N) is 2. The van der Waals surface area contributed by atoms with Crippen LogP contribution in [0.1, 0.15) is 88.6 Å². The number of aromatic nitrogens is 1. The first-order valence-electron chi connectivity index (χ1n) is 15.3. The number of likely N-dealkylation sites (tertiary alicyclic amines) is 1. The molecule has 1 aromatic carbocycles. The molecule has 2 N–H and O–H groups in total.